The Morgan fingerprint density at radius 1 is 0.862 bits per heavy atom. The van der Waals surface area contributed by atoms with Crippen molar-refractivity contribution in [2.24, 2.45) is 0 Å². The van der Waals surface area contributed by atoms with E-state index in [-0.39, 0.29) is 56.9 Å². The number of hydrogen-bond donors (Lipinski definition) is 7. The predicted molar refractivity (Wildman–Crippen MR) is 205 cm³/mol. The summed E-state index contributed by atoms with van der Waals surface area (Å²) in [4.78, 5) is 54.5. The molecule has 1 saturated carbocycles. The topological polar surface area (TPSA) is 238 Å². The van der Waals surface area contributed by atoms with Crippen molar-refractivity contribution in [3.05, 3.63) is 122 Å². The highest BCUT2D eigenvalue weighted by molar-refractivity contribution is 6.31. The molecular formula is C44H42O14. The molecule has 0 amide bonds. The molecular weight excluding hydrogens is 752 g/mol. The smallest absolute Gasteiger partial charge is 0.308 e. The largest absolute Gasteiger partial charge is 0.507 e. The fourth-order valence-corrected chi connectivity index (χ4v) is 8.16. The minimum atomic E-state index is -3.13. The molecule has 1 heterocycles. The number of esters is 1. The summed E-state index contributed by atoms with van der Waals surface area (Å²) in [7, 11) is 0. The highest BCUT2D eigenvalue weighted by atomic mass is 16.7. The average molecular weight is 795 g/mol. The number of aromatic hydroxyl groups is 1. The minimum Gasteiger partial charge on any atom is -0.507 e. The lowest BCUT2D eigenvalue weighted by Gasteiger charge is -2.44. The molecule has 302 valence electrons. The number of carbonyl (C=O) groups excluding carboxylic acids is 4. The summed E-state index contributed by atoms with van der Waals surface area (Å²) >= 11 is 0. The Kier molecular flexibility index (Phi) is 11.0. The van der Waals surface area contributed by atoms with Gasteiger partial charge in [0.05, 0.1) is 23.9 Å². The van der Waals surface area contributed by atoms with Crippen molar-refractivity contribution < 1.29 is 69.1 Å². The summed E-state index contributed by atoms with van der Waals surface area (Å²) in [6.07, 6.45) is -1.91. The molecule has 0 spiro atoms. The van der Waals surface area contributed by atoms with Gasteiger partial charge < -0.3 is 50.0 Å². The van der Waals surface area contributed by atoms with Crippen molar-refractivity contribution in [2.75, 3.05) is 0 Å². The van der Waals surface area contributed by atoms with Crippen LogP contribution in [0.2, 0.25) is 0 Å². The number of hydrogen-bond acceptors (Lipinski definition) is 14. The number of aliphatic hydroxyl groups is 6. The van der Waals surface area contributed by atoms with Crippen molar-refractivity contribution in [3.63, 3.8) is 0 Å². The Morgan fingerprint density at radius 2 is 1.57 bits per heavy atom. The van der Waals surface area contributed by atoms with E-state index >= 15 is 0 Å². The second kappa shape index (κ2) is 15.6. The fraction of sp³-hybridized carbons (Fsp3) is 0.318. The predicted octanol–water partition coefficient (Wildman–Crippen LogP) is 3.45. The third-order valence-electron chi connectivity index (χ3n) is 11.1. The lowest BCUT2D eigenvalue weighted by Crippen LogP contribution is -2.67. The molecule has 2 fully saturated rings. The van der Waals surface area contributed by atoms with Gasteiger partial charge in [-0.15, -0.1) is 0 Å². The van der Waals surface area contributed by atoms with E-state index < -0.39 is 77.0 Å². The maximum Gasteiger partial charge on any atom is 0.308 e. The molecule has 1 aliphatic heterocycles. The van der Waals surface area contributed by atoms with Crippen molar-refractivity contribution >= 4 is 36.0 Å². The summed E-state index contributed by atoms with van der Waals surface area (Å²) in [5.74, 6) is -6.92. The third-order valence-corrected chi connectivity index (χ3v) is 11.1. The maximum atomic E-state index is 14.8. The normalized spacial score (nSPS) is 22.1. The van der Waals surface area contributed by atoms with Gasteiger partial charge in [0.25, 0.3) is 0 Å². The van der Waals surface area contributed by atoms with Crippen molar-refractivity contribution in [1.82, 2.24) is 0 Å². The fourth-order valence-electron chi connectivity index (χ4n) is 8.16. The van der Waals surface area contributed by atoms with Crippen LogP contribution < -0.4 is 9.47 Å². The second-order valence-corrected chi connectivity index (χ2v) is 14.9. The highest BCUT2D eigenvalue weighted by Crippen LogP contribution is 2.47. The SMILES string of the molecule is CC(=O)Oc1cc(CO)c2c(c1C=Cc1ccccc1)C(=O)c1cc(O[C@H]3O[C@H](C)[C@@H](O)C(O)(O)[C@H]3O)c(Cc3cccc(C4(O)CCCC4)c3C=O)c(O)c1C2=O. The van der Waals surface area contributed by atoms with Crippen LogP contribution in [0, 0.1) is 0 Å². The van der Waals surface area contributed by atoms with Crippen LogP contribution >= 0.6 is 0 Å². The number of aldehydes is 1. The molecule has 4 aromatic rings. The molecule has 7 rings (SSSR count). The van der Waals surface area contributed by atoms with E-state index in [0.29, 0.717) is 30.3 Å². The van der Waals surface area contributed by atoms with Crippen LogP contribution in [0.1, 0.15) is 115 Å². The van der Waals surface area contributed by atoms with Crippen LogP contribution in [0.15, 0.2) is 60.7 Å². The first kappa shape index (κ1) is 40.6. The van der Waals surface area contributed by atoms with Gasteiger partial charge in [0, 0.05) is 46.7 Å². The Balaban J connectivity index is 1.44. The van der Waals surface area contributed by atoms with Gasteiger partial charge in [-0.25, -0.2) is 0 Å². The zero-order valence-corrected chi connectivity index (χ0v) is 31.5. The van der Waals surface area contributed by atoms with E-state index in [0.717, 1.165) is 25.8 Å². The molecule has 4 atom stereocenters. The number of phenolic OH excluding ortho intramolecular Hbond substituents is 1. The van der Waals surface area contributed by atoms with Gasteiger partial charge in [-0.05, 0) is 60.2 Å². The Bertz CT molecular complexity index is 2340. The summed E-state index contributed by atoms with van der Waals surface area (Å²) < 4.78 is 17.1. The molecule has 0 bridgehead atoms. The molecule has 4 aromatic carbocycles. The first-order chi connectivity index (χ1) is 27.6. The number of carbonyl (C=O) groups is 4. The van der Waals surface area contributed by atoms with Gasteiger partial charge in [-0.3, -0.25) is 19.2 Å². The summed E-state index contributed by atoms with van der Waals surface area (Å²) in [5.41, 5.74) is -1.52. The van der Waals surface area contributed by atoms with Gasteiger partial charge in [0.15, 0.2) is 24.0 Å². The number of ether oxygens (including phenoxy) is 3. The molecule has 14 heteroatoms. The molecule has 0 radical (unpaired) electrons. The average Bonchev–Trinajstić information content (AvgIpc) is 3.65. The second-order valence-electron chi connectivity index (χ2n) is 14.9. The van der Waals surface area contributed by atoms with Gasteiger partial charge in [-0.1, -0.05) is 67.4 Å². The number of benzene rings is 4. The number of fused-ring (bicyclic) bond motifs is 2. The van der Waals surface area contributed by atoms with Crippen LogP contribution in [-0.4, -0.2) is 90.0 Å². The molecule has 7 N–H and O–H groups in total. The number of rotatable bonds is 10. The van der Waals surface area contributed by atoms with Gasteiger partial charge in [0.1, 0.15) is 23.4 Å². The molecule has 0 unspecified atom stereocenters. The Morgan fingerprint density at radius 3 is 2.22 bits per heavy atom. The van der Waals surface area contributed by atoms with E-state index in [4.69, 9.17) is 14.2 Å². The minimum absolute atomic E-state index is 0.0118. The Hall–Kier alpha value is -5.58. The third kappa shape index (κ3) is 7.02. The van der Waals surface area contributed by atoms with Crippen LogP contribution in [0.4, 0.5) is 0 Å². The first-order valence-electron chi connectivity index (χ1n) is 18.7. The first-order valence-corrected chi connectivity index (χ1v) is 18.7. The van der Waals surface area contributed by atoms with E-state index in [2.05, 4.69) is 0 Å². The lowest BCUT2D eigenvalue weighted by atomic mass is 9.77. The van der Waals surface area contributed by atoms with Gasteiger partial charge in [0.2, 0.25) is 12.1 Å². The van der Waals surface area contributed by atoms with Crippen molar-refractivity contribution in [3.8, 4) is 17.2 Å². The van der Waals surface area contributed by atoms with Crippen LogP contribution in [0.5, 0.6) is 17.2 Å². The van der Waals surface area contributed by atoms with Gasteiger partial charge >= 0.3 is 5.97 Å². The number of phenols is 1. The number of aliphatic hydroxyl groups excluding tert-OH is 3. The summed E-state index contributed by atoms with van der Waals surface area (Å²) in [6.45, 7) is 1.66. The van der Waals surface area contributed by atoms with Crippen LogP contribution in [-0.2, 0) is 28.2 Å². The van der Waals surface area contributed by atoms with E-state index in [9.17, 15) is 54.9 Å². The highest BCUT2D eigenvalue weighted by Gasteiger charge is 2.54. The molecule has 58 heavy (non-hydrogen) atoms. The van der Waals surface area contributed by atoms with Crippen molar-refractivity contribution in [2.45, 2.75) is 88.5 Å². The summed E-state index contributed by atoms with van der Waals surface area (Å²) in [5, 5.41) is 76.7. The van der Waals surface area contributed by atoms with E-state index in [1.165, 1.54) is 19.1 Å². The molecule has 3 aliphatic rings. The zero-order valence-electron chi connectivity index (χ0n) is 31.5. The zero-order chi connectivity index (χ0) is 41.7. The Labute approximate surface area is 332 Å². The van der Waals surface area contributed by atoms with E-state index in [1.54, 1.807) is 54.6 Å². The molecule has 2 aliphatic carbocycles. The van der Waals surface area contributed by atoms with Gasteiger partial charge in [-0.2, -0.15) is 0 Å². The molecule has 14 nitrogen and oxygen atoms in total. The standard InChI is InChI=1S/C44H42O14/c1-22-40(51)44(54,55)41(52)42(56-22)58-33-19-29-36(37(48)28(33)17-25-11-8-12-31(30(25)21-46)43(53)15-6-7-16-43)39(50)34-26(20-45)18-32(57-23(2)47)27(35(34)38(29)49)14-13-24-9-4-3-5-10-24/h3-5,8-14,18-19,21-22,40-42,45,48,51-55H,6-7,15-17,20H2,1-2H3/t22-,40-,41+,42-/m1/s1. The number of ketones is 2. The molecule has 0 aromatic heterocycles. The van der Waals surface area contributed by atoms with Crippen LogP contribution in [0.25, 0.3) is 12.2 Å². The monoisotopic (exact) mass is 794 g/mol. The lowest BCUT2D eigenvalue weighted by molar-refractivity contribution is -0.371. The quantitative estimate of drug-likeness (QED) is 0.0353. The van der Waals surface area contributed by atoms with Crippen LogP contribution in [0.3, 0.4) is 0 Å². The molecule has 1 saturated heterocycles. The van der Waals surface area contributed by atoms with Crippen molar-refractivity contribution in [1.29, 1.82) is 0 Å². The maximum absolute atomic E-state index is 14.8. The summed E-state index contributed by atoms with van der Waals surface area (Å²) in [6, 6.07) is 16.1. The van der Waals surface area contributed by atoms with E-state index in [1.807, 2.05) is 0 Å².